The van der Waals surface area contributed by atoms with Gasteiger partial charge in [0.25, 0.3) is 0 Å². The molecule has 1 aliphatic rings. The average Bonchev–Trinajstić information content (AvgIpc) is 3.02. The summed E-state index contributed by atoms with van der Waals surface area (Å²) in [5.74, 6) is 0.344. The average molecular weight is 282 g/mol. The van der Waals surface area contributed by atoms with Crippen molar-refractivity contribution in [1.29, 1.82) is 0 Å². The van der Waals surface area contributed by atoms with Crippen molar-refractivity contribution in [2.24, 2.45) is 0 Å². The Kier molecular flexibility index (Phi) is 4.00. The lowest BCUT2D eigenvalue weighted by Gasteiger charge is -2.24. The number of rotatable bonds is 4. The van der Waals surface area contributed by atoms with E-state index in [4.69, 9.17) is 0 Å². The molecule has 2 aromatic rings. The van der Waals surface area contributed by atoms with Crippen LogP contribution in [0.3, 0.4) is 0 Å². The maximum absolute atomic E-state index is 9.99. The first-order chi connectivity index (χ1) is 10.3. The van der Waals surface area contributed by atoms with E-state index in [-0.39, 0.29) is 6.04 Å². The molecule has 0 spiro atoms. The molecule has 0 aliphatic carbocycles. The van der Waals surface area contributed by atoms with Crippen LogP contribution in [0, 0.1) is 0 Å². The first kappa shape index (κ1) is 13.8. The number of hydrogen-bond acceptors (Lipinski definition) is 3. The second kappa shape index (κ2) is 6.08. The number of nitrogens with zero attached hydrogens (tertiary/aromatic N) is 1. The van der Waals surface area contributed by atoms with Crippen LogP contribution < -0.4 is 10.2 Å². The van der Waals surface area contributed by atoms with Crippen molar-refractivity contribution in [3.63, 3.8) is 0 Å². The summed E-state index contributed by atoms with van der Waals surface area (Å²) < 4.78 is 0. The van der Waals surface area contributed by atoms with E-state index < -0.39 is 0 Å². The molecular weight excluding hydrogens is 260 g/mol. The SMILES string of the molecule is CC(Nc1ccccc1N1CCCC1)c1ccccc1O. The standard InChI is InChI=1S/C18H22N2O/c1-14(15-8-2-5-11-18(15)21)19-16-9-3-4-10-17(16)20-12-6-7-13-20/h2-5,8-11,14,19,21H,6-7,12-13H2,1H3. The maximum atomic E-state index is 9.99. The molecule has 1 atom stereocenters. The third kappa shape index (κ3) is 2.97. The molecule has 110 valence electrons. The minimum Gasteiger partial charge on any atom is -0.508 e. The fourth-order valence-corrected chi connectivity index (χ4v) is 2.99. The van der Waals surface area contributed by atoms with Crippen LogP contribution in [-0.2, 0) is 0 Å². The van der Waals surface area contributed by atoms with E-state index in [1.807, 2.05) is 18.2 Å². The lowest BCUT2D eigenvalue weighted by Crippen LogP contribution is -2.20. The summed E-state index contributed by atoms with van der Waals surface area (Å²) in [7, 11) is 0. The third-order valence-corrected chi connectivity index (χ3v) is 4.13. The molecule has 1 unspecified atom stereocenters. The van der Waals surface area contributed by atoms with E-state index in [0.29, 0.717) is 5.75 Å². The largest absolute Gasteiger partial charge is 0.508 e. The summed E-state index contributed by atoms with van der Waals surface area (Å²) in [6.07, 6.45) is 2.53. The Morgan fingerprint density at radius 3 is 2.43 bits per heavy atom. The Labute approximate surface area is 126 Å². The van der Waals surface area contributed by atoms with Crippen LogP contribution in [0.1, 0.15) is 31.4 Å². The zero-order chi connectivity index (χ0) is 14.7. The van der Waals surface area contributed by atoms with Crippen LogP contribution >= 0.6 is 0 Å². The number of para-hydroxylation sites is 3. The molecule has 1 fully saturated rings. The summed E-state index contributed by atoms with van der Waals surface area (Å²) in [4.78, 5) is 2.43. The fourth-order valence-electron chi connectivity index (χ4n) is 2.99. The van der Waals surface area contributed by atoms with Gasteiger partial charge in [-0.15, -0.1) is 0 Å². The second-order valence-corrected chi connectivity index (χ2v) is 5.64. The normalized spacial score (nSPS) is 16.0. The van der Waals surface area contributed by atoms with Gasteiger partial charge in [0, 0.05) is 18.7 Å². The Hall–Kier alpha value is -2.16. The van der Waals surface area contributed by atoms with Gasteiger partial charge in [0.1, 0.15) is 5.75 Å². The molecule has 0 bridgehead atoms. The second-order valence-electron chi connectivity index (χ2n) is 5.64. The van der Waals surface area contributed by atoms with Crippen molar-refractivity contribution in [2.45, 2.75) is 25.8 Å². The quantitative estimate of drug-likeness (QED) is 0.883. The van der Waals surface area contributed by atoms with Crippen molar-refractivity contribution in [2.75, 3.05) is 23.3 Å². The first-order valence-corrected chi connectivity index (χ1v) is 7.64. The number of phenols is 1. The van der Waals surface area contributed by atoms with Gasteiger partial charge in [-0.05, 0) is 38.0 Å². The molecule has 0 saturated carbocycles. The van der Waals surface area contributed by atoms with Gasteiger partial charge >= 0.3 is 0 Å². The van der Waals surface area contributed by atoms with Crippen molar-refractivity contribution in [3.05, 3.63) is 54.1 Å². The molecule has 3 nitrogen and oxygen atoms in total. The predicted molar refractivity (Wildman–Crippen MR) is 88.0 cm³/mol. The molecule has 2 aromatic carbocycles. The lowest BCUT2D eigenvalue weighted by molar-refractivity contribution is 0.465. The molecule has 3 heteroatoms. The van der Waals surface area contributed by atoms with E-state index in [1.54, 1.807) is 6.07 Å². The molecule has 21 heavy (non-hydrogen) atoms. The number of aromatic hydroxyl groups is 1. The minimum absolute atomic E-state index is 0.0648. The molecule has 1 saturated heterocycles. The van der Waals surface area contributed by atoms with Crippen molar-refractivity contribution < 1.29 is 5.11 Å². The van der Waals surface area contributed by atoms with Crippen LogP contribution in [0.25, 0.3) is 0 Å². The Morgan fingerprint density at radius 2 is 1.67 bits per heavy atom. The zero-order valence-electron chi connectivity index (χ0n) is 12.4. The minimum atomic E-state index is 0.0648. The molecule has 0 aromatic heterocycles. The van der Waals surface area contributed by atoms with Crippen LogP contribution in [0.2, 0.25) is 0 Å². The fraction of sp³-hybridized carbons (Fsp3) is 0.333. The summed E-state index contributed by atoms with van der Waals surface area (Å²) in [6.45, 7) is 4.34. The van der Waals surface area contributed by atoms with Gasteiger partial charge in [-0.3, -0.25) is 0 Å². The first-order valence-electron chi connectivity index (χ1n) is 7.64. The molecule has 1 aliphatic heterocycles. The van der Waals surface area contributed by atoms with Crippen LogP contribution in [0.15, 0.2) is 48.5 Å². The highest BCUT2D eigenvalue weighted by Gasteiger charge is 2.17. The van der Waals surface area contributed by atoms with Crippen molar-refractivity contribution in [3.8, 4) is 5.75 Å². The summed E-state index contributed by atoms with van der Waals surface area (Å²) in [6, 6.07) is 16.0. The highest BCUT2D eigenvalue weighted by molar-refractivity contribution is 5.71. The van der Waals surface area contributed by atoms with Crippen molar-refractivity contribution >= 4 is 11.4 Å². The van der Waals surface area contributed by atoms with Gasteiger partial charge in [-0.1, -0.05) is 30.3 Å². The van der Waals surface area contributed by atoms with E-state index in [1.165, 1.54) is 18.5 Å². The number of nitrogens with one attached hydrogen (secondary N) is 1. The van der Waals surface area contributed by atoms with Gasteiger partial charge in [0.15, 0.2) is 0 Å². The summed E-state index contributed by atoms with van der Waals surface area (Å²) in [5.41, 5.74) is 3.32. The Bertz CT molecular complexity index is 606. The monoisotopic (exact) mass is 282 g/mol. The summed E-state index contributed by atoms with van der Waals surface area (Å²) in [5, 5.41) is 13.5. The van der Waals surface area contributed by atoms with E-state index in [2.05, 4.69) is 41.4 Å². The van der Waals surface area contributed by atoms with Crippen LogP contribution in [0.4, 0.5) is 11.4 Å². The Balaban J connectivity index is 1.83. The van der Waals surface area contributed by atoms with Crippen LogP contribution in [-0.4, -0.2) is 18.2 Å². The smallest absolute Gasteiger partial charge is 0.120 e. The van der Waals surface area contributed by atoms with E-state index in [0.717, 1.165) is 24.3 Å². The molecular formula is C18H22N2O. The lowest BCUT2D eigenvalue weighted by atomic mass is 10.1. The zero-order valence-corrected chi connectivity index (χ0v) is 12.4. The molecule has 2 N–H and O–H groups in total. The van der Waals surface area contributed by atoms with Gasteiger partial charge in [0.05, 0.1) is 17.4 Å². The molecule has 0 amide bonds. The number of benzene rings is 2. The van der Waals surface area contributed by atoms with E-state index >= 15 is 0 Å². The summed E-state index contributed by atoms with van der Waals surface area (Å²) >= 11 is 0. The van der Waals surface area contributed by atoms with Crippen LogP contribution in [0.5, 0.6) is 5.75 Å². The van der Waals surface area contributed by atoms with Gasteiger partial charge in [-0.25, -0.2) is 0 Å². The highest BCUT2D eigenvalue weighted by atomic mass is 16.3. The van der Waals surface area contributed by atoms with E-state index in [9.17, 15) is 5.11 Å². The third-order valence-electron chi connectivity index (χ3n) is 4.13. The Morgan fingerprint density at radius 1 is 1.00 bits per heavy atom. The predicted octanol–water partition coefficient (Wildman–Crippen LogP) is 4.17. The number of hydrogen-bond donors (Lipinski definition) is 2. The van der Waals surface area contributed by atoms with Gasteiger partial charge in [0.2, 0.25) is 0 Å². The van der Waals surface area contributed by atoms with Gasteiger partial charge in [-0.2, -0.15) is 0 Å². The highest BCUT2D eigenvalue weighted by Crippen LogP contribution is 2.33. The van der Waals surface area contributed by atoms with Crippen molar-refractivity contribution in [1.82, 2.24) is 0 Å². The maximum Gasteiger partial charge on any atom is 0.120 e. The molecule has 3 rings (SSSR count). The number of anilines is 2. The molecule has 1 heterocycles. The van der Waals surface area contributed by atoms with Gasteiger partial charge < -0.3 is 15.3 Å². The topological polar surface area (TPSA) is 35.5 Å². The molecule has 0 radical (unpaired) electrons. The number of phenolic OH excluding ortho intramolecular Hbond substituents is 1.